The summed E-state index contributed by atoms with van der Waals surface area (Å²) < 4.78 is 3.02. The first-order chi connectivity index (χ1) is 25.7. The molecule has 5 aliphatic rings. The lowest BCUT2D eigenvalue weighted by molar-refractivity contribution is -0.148. The van der Waals surface area contributed by atoms with Crippen molar-refractivity contribution in [2.75, 3.05) is 31.1 Å². The van der Waals surface area contributed by atoms with Crippen molar-refractivity contribution in [3.8, 4) is 11.8 Å². The van der Waals surface area contributed by atoms with E-state index >= 15 is 0 Å². The third kappa shape index (κ3) is 6.62. The predicted molar refractivity (Wildman–Crippen MR) is 199 cm³/mol. The van der Waals surface area contributed by atoms with E-state index in [9.17, 15) is 24.0 Å². The number of rotatable bonds is 6. The van der Waals surface area contributed by atoms with Crippen LogP contribution in [-0.4, -0.2) is 91.9 Å². The van der Waals surface area contributed by atoms with Crippen LogP contribution in [0.15, 0.2) is 41.5 Å². The molecule has 1 aromatic carbocycles. The largest absolute Gasteiger partial charge is 0.371 e. The average Bonchev–Trinajstić information content (AvgIpc) is 3.63. The molecule has 0 spiro atoms. The Morgan fingerprint density at radius 3 is 2.58 bits per heavy atom. The summed E-state index contributed by atoms with van der Waals surface area (Å²) in [6.45, 7) is 3.22. The maximum Gasteiger partial charge on any atom is 0.329 e. The Balaban J connectivity index is 0.839. The summed E-state index contributed by atoms with van der Waals surface area (Å²) in [5.74, 6) is 6.68. The zero-order valence-corrected chi connectivity index (χ0v) is 30.3. The average molecular weight is 721 g/mol. The molecule has 13 heteroatoms. The smallest absolute Gasteiger partial charge is 0.329 e. The van der Waals surface area contributed by atoms with E-state index in [0.717, 1.165) is 70.0 Å². The molecule has 5 saturated heterocycles. The van der Waals surface area contributed by atoms with Gasteiger partial charge in [0.15, 0.2) is 0 Å². The summed E-state index contributed by atoms with van der Waals surface area (Å²) in [5.41, 5.74) is 10.4. The second kappa shape index (κ2) is 14.5. The fraction of sp³-hybridized carbons (Fsp3) is 0.550. The number of anilines is 1. The molecular weight excluding hydrogens is 672 g/mol. The molecule has 0 bridgehead atoms. The number of likely N-dealkylation sites (tertiary alicyclic amines) is 1. The standard InChI is InChI=1S/C40H48N8O5/c1-44-35-21-26(9-11-32(35)48(40(44)53)33-13-14-36(49)43-37(33)50)6-3-2-5-25-16-19-45(20-17-25)31-15-18-42-22-29(31)27-23-46(24-27)39(52)34-12-10-28-7-4-8-30(41)38(51)47(28)34/h9,11,15,18,21-22,25,27-28,30,33-34H,2,4-5,7-8,10,12-14,16-17,19-20,23-24,41H2,1H3,(H,43,49,50)/t28-,30-,33?,34-/m0/s1. The molecule has 4 atom stereocenters. The van der Waals surface area contributed by atoms with E-state index in [1.165, 1.54) is 20.4 Å². The van der Waals surface area contributed by atoms with Gasteiger partial charge in [-0.3, -0.25) is 38.6 Å². The molecule has 7 heterocycles. The van der Waals surface area contributed by atoms with Gasteiger partial charge in [-0.05, 0) is 88.0 Å². The number of pyridine rings is 1. The quantitative estimate of drug-likeness (QED) is 0.291. The van der Waals surface area contributed by atoms with E-state index in [1.807, 2.05) is 40.4 Å². The number of aromatic nitrogens is 3. The van der Waals surface area contributed by atoms with Crippen LogP contribution in [0.4, 0.5) is 5.69 Å². The van der Waals surface area contributed by atoms with Gasteiger partial charge in [0.25, 0.3) is 0 Å². The summed E-state index contributed by atoms with van der Waals surface area (Å²) >= 11 is 0. The zero-order valence-electron chi connectivity index (χ0n) is 30.3. The first-order valence-corrected chi connectivity index (χ1v) is 19.3. The van der Waals surface area contributed by atoms with E-state index in [4.69, 9.17) is 5.73 Å². The molecule has 4 amide bonds. The van der Waals surface area contributed by atoms with E-state index in [1.54, 1.807) is 7.05 Å². The fourth-order valence-electron chi connectivity index (χ4n) is 9.27. The molecular formula is C40H48N8O5. The lowest BCUT2D eigenvalue weighted by Crippen LogP contribution is -2.58. The van der Waals surface area contributed by atoms with Gasteiger partial charge in [-0.2, -0.15) is 0 Å². The van der Waals surface area contributed by atoms with E-state index in [-0.39, 0.29) is 47.8 Å². The van der Waals surface area contributed by atoms with Crippen LogP contribution < -0.4 is 21.6 Å². The Bertz CT molecular complexity index is 2060. The molecule has 5 fully saturated rings. The number of carbonyl (C=O) groups excluding carboxylic acids is 4. The van der Waals surface area contributed by atoms with E-state index < -0.39 is 18.0 Å². The number of fused-ring (bicyclic) bond motifs is 2. The highest BCUT2D eigenvalue weighted by molar-refractivity contribution is 6.00. The number of imidazole rings is 1. The van der Waals surface area contributed by atoms with Crippen LogP contribution in [0.25, 0.3) is 11.0 Å². The number of nitrogens with two attached hydrogens (primary N) is 1. The molecule has 8 rings (SSSR count). The Kier molecular flexibility index (Phi) is 9.57. The molecule has 3 aromatic rings. The van der Waals surface area contributed by atoms with Gasteiger partial charge < -0.3 is 20.4 Å². The van der Waals surface area contributed by atoms with Gasteiger partial charge in [-0.25, -0.2) is 4.79 Å². The highest BCUT2D eigenvalue weighted by Gasteiger charge is 2.47. The SMILES string of the molecule is Cn1c(=O)n(C2CCC(=O)NC2=O)c2ccc(C#CCCC3CCN(c4ccncc4C4CN(C(=O)[C@@H]5CC[C@@H]6CCC[C@H](N)C(=O)N65)C4)CC3)cc21. The van der Waals surface area contributed by atoms with Crippen LogP contribution in [0.5, 0.6) is 0 Å². The molecule has 0 radical (unpaired) electrons. The summed E-state index contributed by atoms with van der Waals surface area (Å²) in [6, 6.07) is 6.28. The number of hydrogen-bond donors (Lipinski definition) is 2. The summed E-state index contributed by atoms with van der Waals surface area (Å²) in [7, 11) is 1.69. The number of carbonyl (C=O) groups is 4. The minimum atomic E-state index is -0.708. The van der Waals surface area contributed by atoms with Crippen molar-refractivity contribution in [3.05, 3.63) is 58.3 Å². The lowest BCUT2D eigenvalue weighted by Gasteiger charge is -2.44. The van der Waals surface area contributed by atoms with E-state index in [2.05, 4.69) is 33.1 Å². The Morgan fingerprint density at radius 1 is 0.981 bits per heavy atom. The number of aryl methyl sites for hydroxylation is 1. The highest BCUT2D eigenvalue weighted by atomic mass is 16.2. The molecule has 53 heavy (non-hydrogen) atoms. The van der Waals surface area contributed by atoms with Crippen LogP contribution in [0.2, 0.25) is 0 Å². The van der Waals surface area contributed by atoms with Gasteiger partial charge in [0, 0.05) is 87.2 Å². The first kappa shape index (κ1) is 35.1. The maximum absolute atomic E-state index is 13.6. The van der Waals surface area contributed by atoms with Crippen LogP contribution in [0.3, 0.4) is 0 Å². The number of nitrogens with zero attached hydrogens (tertiary/aromatic N) is 6. The van der Waals surface area contributed by atoms with Gasteiger partial charge in [-0.15, -0.1) is 0 Å². The van der Waals surface area contributed by atoms with Crippen molar-refractivity contribution >= 4 is 40.3 Å². The van der Waals surface area contributed by atoms with Crippen LogP contribution in [-0.2, 0) is 26.2 Å². The van der Waals surface area contributed by atoms with Gasteiger partial charge >= 0.3 is 5.69 Å². The molecule has 13 nitrogen and oxygen atoms in total. The molecule has 1 unspecified atom stereocenters. The Labute approximate surface area is 308 Å². The number of piperidine rings is 2. The highest BCUT2D eigenvalue weighted by Crippen LogP contribution is 2.38. The summed E-state index contributed by atoms with van der Waals surface area (Å²) in [6.07, 6.45) is 12.5. The minimum Gasteiger partial charge on any atom is -0.371 e. The molecule has 278 valence electrons. The predicted octanol–water partition coefficient (Wildman–Crippen LogP) is 2.56. The summed E-state index contributed by atoms with van der Waals surface area (Å²) in [4.78, 5) is 74.5. The van der Waals surface area contributed by atoms with Crippen LogP contribution in [0.1, 0.15) is 93.7 Å². The third-order valence-electron chi connectivity index (χ3n) is 12.3. The number of benzene rings is 1. The molecule has 0 saturated carbocycles. The van der Waals surface area contributed by atoms with Gasteiger partial charge in [0.1, 0.15) is 12.1 Å². The zero-order chi connectivity index (χ0) is 36.8. The van der Waals surface area contributed by atoms with Crippen LogP contribution >= 0.6 is 0 Å². The van der Waals surface area contributed by atoms with Crippen LogP contribution in [0, 0.1) is 17.8 Å². The van der Waals surface area contributed by atoms with Crippen molar-refractivity contribution in [2.45, 2.75) is 101 Å². The topological polar surface area (TPSA) is 156 Å². The number of nitrogens with one attached hydrogen (secondary N) is 1. The van der Waals surface area contributed by atoms with E-state index in [0.29, 0.717) is 42.9 Å². The number of imide groups is 1. The summed E-state index contributed by atoms with van der Waals surface area (Å²) in [5, 5.41) is 2.35. The molecule has 2 aromatic heterocycles. The minimum absolute atomic E-state index is 0.0575. The van der Waals surface area contributed by atoms with Gasteiger partial charge in [0.2, 0.25) is 23.6 Å². The second-order valence-corrected chi connectivity index (χ2v) is 15.6. The van der Waals surface area contributed by atoms with Crippen molar-refractivity contribution in [1.82, 2.24) is 29.2 Å². The molecule has 3 N–H and O–H groups in total. The number of hydrogen-bond acceptors (Lipinski definition) is 8. The van der Waals surface area contributed by atoms with Gasteiger partial charge in [0.05, 0.1) is 17.1 Å². The van der Waals surface area contributed by atoms with Crippen molar-refractivity contribution in [3.63, 3.8) is 0 Å². The lowest BCUT2D eigenvalue weighted by atomic mass is 9.88. The Morgan fingerprint density at radius 2 is 1.79 bits per heavy atom. The van der Waals surface area contributed by atoms with Crippen molar-refractivity contribution in [1.29, 1.82) is 0 Å². The maximum atomic E-state index is 13.6. The van der Waals surface area contributed by atoms with Crippen molar-refractivity contribution < 1.29 is 19.2 Å². The number of amides is 4. The fourth-order valence-corrected chi connectivity index (χ4v) is 9.27. The monoisotopic (exact) mass is 720 g/mol. The molecule has 5 aliphatic heterocycles. The normalized spacial score (nSPS) is 25.5. The molecule has 0 aliphatic carbocycles. The second-order valence-electron chi connectivity index (χ2n) is 15.6. The van der Waals surface area contributed by atoms with Crippen molar-refractivity contribution in [2.24, 2.45) is 18.7 Å². The Hall–Kier alpha value is -4.96. The first-order valence-electron chi connectivity index (χ1n) is 19.3. The third-order valence-corrected chi connectivity index (χ3v) is 12.3. The van der Waals surface area contributed by atoms with Gasteiger partial charge in [-0.1, -0.05) is 11.8 Å².